The fourth-order valence-corrected chi connectivity index (χ4v) is 1.31. The Morgan fingerprint density at radius 1 is 1.75 bits per heavy atom. The molecule has 1 rings (SSSR count). The van der Waals surface area contributed by atoms with E-state index in [0.717, 1.165) is 0 Å². The van der Waals surface area contributed by atoms with E-state index < -0.39 is 5.60 Å². The average Bonchev–Trinajstić information content (AvgIpc) is 2.35. The molecular formula is C8H15N3O. The van der Waals surface area contributed by atoms with Crippen LogP contribution in [0.4, 0.5) is 0 Å². The van der Waals surface area contributed by atoms with Gasteiger partial charge in [0.25, 0.3) is 0 Å². The number of aromatic nitrogens is 2. The summed E-state index contributed by atoms with van der Waals surface area (Å²) >= 11 is 0. The summed E-state index contributed by atoms with van der Waals surface area (Å²) < 4.78 is 1.82. The monoisotopic (exact) mass is 169 g/mol. The second kappa shape index (κ2) is 3.25. The third-order valence-corrected chi connectivity index (χ3v) is 1.82. The summed E-state index contributed by atoms with van der Waals surface area (Å²) in [7, 11) is 3.67. The van der Waals surface area contributed by atoms with Gasteiger partial charge in [-0.05, 0) is 14.0 Å². The highest BCUT2D eigenvalue weighted by atomic mass is 16.3. The van der Waals surface area contributed by atoms with Crippen molar-refractivity contribution in [1.29, 1.82) is 0 Å². The van der Waals surface area contributed by atoms with Gasteiger partial charge in [-0.2, -0.15) is 0 Å². The number of hydrogen-bond acceptors (Lipinski definition) is 3. The maximum absolute atomic E-state index is 9.91. The Morgan fingerprint density at radius 3 is 2.83 bits per heavy atom. The molecule has 0 aliphatic heterocycles. The SMILES string of the molecule is CNCC(C)(O)c1nccn1C. The summed E-state index contributed by atoms with van der Waals surface area (Å²) in [6.45, 7) is 2.24. The molecule has 0 aliphatic carbocycles. The standard InChI is InChI=1S/C8H15N3O/c1-8(12,6-9-2)7-10-4-5-11(7)3/h4-5,9,12H,6H2,1-3H3. The Balaban J connectivity index is 2.88. The van der Waals surface area contributed by atoms with Gasteiger partial charge in [-0.25, -0.2) is 4.98 Å². The highest BCUT2D eigenvalue weighted by Crippen LogP contribution is 2.16. The van der Waals surface area contributed by atoms with Crippen LogP contribution in [-0.4, -0.2) is 28.3 Å². The molecule has 68 valence electrons. The lowest BCUT2D eigenvalue weighted by Gasteiger charge is -2.21. The lowest BCUT2D eigenvalue weighted by atomic mass is 10.1. The summed E-state index contributed by atoms with van der Waals surface area (Å²) in [6.07, 6.45) is 3.50. The number of imidazole rings is 1. The molecule has 0 saturated heterocycles. The third-order valence-electron chi connectivity index (χ3n) is 1.82. The summed E-state index contributed by atoms with van der Waals surface area (Å²) in [4.78, 5) is 4.08. The molecule has 1 aromatic rings. The van der Waals surface area contributed by atoms with Gasteiger partial charge in [-0.3, -0.25) is 0 Å². The molecular weight excluding hydrogens is 154 g/mol. The zero-order valence-corrected chi connectivity index (χ0v) is 7.70. The Labute approximate surface area is 72.2 Å². The van der Waals surface area contributed by atoms with Crippen LogP contribution in [0, 0.1) is 0 Å². The van der Waals surface area contributed by atoms with Gasteiger partial charge in [0.05, 0.1) is 0 Å². The van der Waals surface area contributed by atoms with Gasteiger partial charge in [-0.1, -0.05) is 0 Å². The molecule has 0 saturated carbocycles. The Hall–Kier alpha value is -0.870. The minimum Gasteiger partial charge on any atom is -0.381 e. The van der Waals surface area contributed by atoms with Crippen LogP contribution in [0.3, 0.4) is 0 Å². The normalized spacial score (nSPS) is 16.0. The first kappa shape index (κ1) is 9.22. The number of aliphatic hydroxyl groups is 1. The highest BCUT2D eigenvalue weighted by molar-refractivity contribution is 5.03. The van der Waals surface area contributed by atoms with E-state index in [4.69, 9.17) is 0 Å². The van der Waals surface area contributed by atoms with Crippen molar-refractivity contribution >= 4 is 0 Å². The Bertz CT molecular complexity index is 255. The largest absolute Gasteiger partial charge is 0.381 e. The minimum atomic E-state index is -0.896. The van der Waals surface area contributed by atoms with E-state index >= 15 is 0 Å². The van der Waals surface area contributed by atoms with Crippen LogP contribution in [0.15, 0.2) is 12.4 Å². The molecule has 2 N–H and O–H groups in total. The van der Waals surface area contributed by atoms with Crippen molar-refractivity contribution < 1.29 is 5.11 Å². The molecule has 1 unspecified atom stereocenters. The Kier molecular flexibility index (Phi) is 2.49. The van der Waals surface area contributed by atoms with E-state index in [9.17, 15) is 5.11 Å². The van der Waals surface area contributed by atoms with Crippen LogP contribution in [0.1, 0.15) is 12.7 Å². The lowest BCUT2D eigenvalue weighted by molar-refractivity contribution is 0.0470. The molecule has 1 atom stereocenters. The van der Waals surface area contributed by atoms with Crippen molar-refractivity contribution in [2.75, 3.05) is 13.6 Å². The molecule has 12 heavy (non-hydrogen) atoms. The fourth-order valence-electron chi connectivity index (χ4n) is 1.31. The quantitative estimate of drug-likeness (QED) is 0.661. The second-order valence-corrected chi connectivity index (χ2v) is 3.17. The molecule has 0 aromatic carbocycles. The van der Waals surface area contributed by atoms with E-state index in [1.165, 1.54) is 0 Å². The maximum Gasteiger partial charge on any atom is 0.141 e. The molecule has 0 aliphatic rings. The van der Waals surface area contributed by atoms with E-state index in [0.29, 0.717) is 12.4 Å². The smallest absolute Gasteiger partial charge is 0.141 e. The predicted molar refractivity (Wildman–Crippen MR) is 46.7 cm³/mol. The van der Waals surface area contributed by atoms with Gasteiger partial charge >= 0.3 is 0 Å². The molecule has 4 nitrogen and oxygen atoms in total. The molecule has 1 aromatic heterocycles. The van der Waals surface area contributed by atoms with Crippen LogP contribution < -0.4 is 5.32 Å². The van der Waals surface area contributed by atoms with Crippen LogP contribution in [0.25, 0.3) is 0 Å². The van der Waals surface area contributed by atoms with Crippen molar-refractivity contribution in [1.82, 2.24) is 14.9 Å². The van der Waals surface area contributed by atoms with Gasteiger partial charge in [0, 0.05) is 26.0 Å². The van der Waals surface area contributed by atoms with E-state index in [2.05, 4.69) is 10.3 Å². The number of likely N-dealkylation sites (N-methyl/N-ethyl adjacent to an activating group) is 1. The van der Waals surface area contributed by atoms with Crippen molar-refractivity contribution in [3.05, 3.63) is 18.2 Å². The predicted octanol–water partition coefficient (Wildman–Crippen LogP) is -0.153. The molecule has 4 heteroatoms. The van der Waals surface area contributed by atoms with Gasteiger partial charge < -0.3 is 15.0 Å². The van der Waals surface area contributed by atoms with Crippen LogP contribution in [-0.2, 0) is 12.6 Å². The topological polar surface area (TPSA) is 50.1 Å². The zero-order valence-electron chi connectivity index (χ0n) is 7.70. The van der Waals surface area contributed by atoms with Crippen LogP contribution >= 0.6 is 0 Å². The van der Waals surface area contributed by atoms with Gasteiger partial charge in [-0.15, -0.1) is 0 Å². The van der Waals surface area contributed by atoms with E-state index in [1.54, 1.807) is 20.2 Å². The number of nitrogens with zero attached hydrogens (tertiary/aromatic N) is 2. The summed E-state index contributed by atoms with van der Waals surface area (Å²) in [6, 6.07) is 0. The van der Waals surface area contributed by atoms with Crippen LogP contribution in [0.2, 0.25) is 0 Å². The second-order valence-electron chi connectivity index (χ2n) is 3.17. The zero-order chi connectivity index (χ0) is 9.19. The highest BCUT2D eigenvalue weighted by Gasteiger charge is 2.25. The average molecular weight is 169 g/mol. The number of hydrogen-bond donors (Lipinski definition) is 2. The van der Waals surface area contributed by atoms with Crippen molar-refractivity contribution in [3.8, 4) is 0 Å². The van der Waals surface area contributed by atoms with Gasteiger partial charge in [0.1, 0.15) is 11.4 Å². The van der Waals surface area contributed by atoms with Crippen LogP contribution in [0.5, 0.6) is 0 Å². The number of aryl methyl sites for hydroxylation is 1. The third kappa shape index (κ3) is 1.65. The fraction of sp³-hybridized carbons (Fsp3) is 0.625. The summed E-state index contributed by atoms with van der Waals surface area (Å²) in [5.74, 6) is 0.678. The summed E-state index contributed by atoms with van der Waals surface area (Å²) in [5.41, 5.74) is -0.896. The van der Waals surface area contributed by atoms with E-state index in [-0.39, 0.29) is 0 Å². The van der Waals surface area contributed by atoms with Crippen molar-refractivity contribution in [2.24, 2.45) is 7.05 Å². The first-order valence-corrected chi connectivity index (χ1v) is 3.92. The molecule has 0 spiro atoms. The number of rotatable bonds is 3. The lowest BCUT2D eigenvalue weighted by Crippen LogP contribution is -2.35. The molecule has 0 radical (unpaired) electrons. The minimum absolute atomic E-state index is 0.498. The molecule has 0 fully saturated rings. The molecule has 0 bridgehead atoms. The molecule has 1 heterocycles. The summed E-state index contributed by atoms with van der Waals surface area (Å²) in [5, 5.41) is 12.8. The van der Waals surface area contributed by atoms with Crippen molar-refractivity contribution in [2.45, 2.75) is 12.5 Å². The van der Waals surface area contributed by atoms with Crippen molar-refractivity contribution in [3.63, 3.8) is 0 Å². The first-order valence-electron chi connectivity index (χ1n) is 3.92. The van der Waals surface area contributed by atoms with Gasteiger partial charge in [0.2, 0.25) is 0 Å². The Morgan fingerprint density at radius 2 is 2.42 bits per heavy atom. The first-order chi connectivity index (χ1) is 5.58. The van der Waals surface area contributed by atoms with E-state index in [1.807, 2.05) is 17.8 Å². The molecule has 0 amide bonds. The van der Waals surface area contributed by atoms with Gasteiger partial charge in [0.15, 0.2) is 0 Å². The maximum atomic E-state index is 9.91. The number of nitrogens with one attached hydrogen (secondary N) is 1.